The zero-order chi connectivity index (χ0) is 11.5. The normalized spacial score (nSPS) is 12.6. The smallest absolute Gasteiger partial charge is 0.177 e. The van der Waals surface area contributed by atoms with Gasteiger partial charge in [-0.15, -0.1) is 0 Å². The highest BCUT2D eigenvalue weighted by Crippen LogP contribution is 2.22. The molecule has 1 nitrogen and oxygen atoms in total. The van der Waals surface area contributed by atoms with Crippen molar-refractivity contribution in [3.63, 3.8) is 0 Å². The van der Waals surface area contributed by atoms with E-state index in [0.29, 0.717) is 0 Å². The van der Waals surface area contributed by atoms with Crippen molar-refractivity contribution in [3.05, 3.63) is 48.0 Å². The minimum absolute atomic E-state index is 0.0849. The predicted octanol–water partition coefficient (Wildman–Crippen LogP) is 4.20. The molecule has 0 saturated carbocycles. The summed E-state index contributed by atoms with van der Waals surface area (Å²) < 4.78 is 0. The van der Waals surface area contributed by atoms with Gasteiger partial charge in [0, 0.05) is 5.56 Å². The maximum atomic E-state index is 12.1. The summed E-state index contributed by atoms with van der Waals surface area (Å²) in [5, 5.41) is 2.15. The van der Waals surface area contributed by atoms with E-state index in [9.17, 15) is 4.79 Å². The fourth-order valence-corrected chi connectivity index (χ4v) is 2.04. The Bertz CT molecular complexity index is 514. The van der Waals surface area contributed by atoms with Gasteiger partial charge in [0.1, 0.15) is 0 Å². The molecule has 0 aromatic heterocycles. The summed E-state index contributed by atoms with van der Waals surface area (Å²) in [6, 6.07) is 13.8. The van der Waals surface area contributed by atoms with Gasteiger partial charge in [-0.3, -0.25) is 4.79 Å². The number of fused-ring (bicyclic) bond motifs is 1. The number of halogens is 1. The largest absolute Gasteiger partial charge is 0.293 e. The molecule has 16 heavy (non-hydrogen) atoms. The van der Waals surface area contributed by atoms with Crippen molar-refractivity contribution in [2.75, 3.05) is 0 Å². The Morgan fingerprint density at radius 2 is 1.88 bits per heavy atom. The number of ketones is 1. The molecule has 0 spiro atoms. The Hall–Kier alpha value is -1.15. The Kier molecular flexibility index (Phi) is 3.39. The van der Waals surface area contributed by atoms with Crippen LogP contribution in [0.2, 0.25) is 0 Å². The second kappa shape index (κ2) is 4.79. The second-order valence-corrected chi connectivity index (χ2v) is 4.87. The monoisotopic (exact) mass is 276 g/mol. The molecule has 2 heteroatoms. The molecule has 0 fully saturated rings. The molecule has 1 atom stereocenters. The molecule has 0 aliphatic rings. The molecule has 0 saturated heterocycles. The van der Waals surface area contributed by atoms with Crippen molar-refractivity contribution in [2.45, 2.75) is 18.2 Å². The van der Waals surface area contributed by atoms with E-state index >= 15 is 0 Å². The summed E-state index contributed by atoms with van der Waals surface area (Å²) in [5.74, 6) is 0.166. The van der Waals surface area contributed by atoms with Crippen LogP contribution in [0.25, 0.3) is 10.8 Å². The lowest BCUT2D eigenvalue weighted by Crippen LogP contribution is -2.13. The van der Waals surface area contributed by atoms with Gasteiger partial charge < -0.3 is 0 Å². The first kappa shape index (κ1) is 11.3. The van der Waals surface area contributed by atoms with Gasteiger partial charge in [0.2, 0.25) is 0 Å². The first-order chi connectivity index (χ1) is 7.74. The molecule has 0 bridgehead atoms. The van der Waals surface area contributed by atoms with Gasteiger partial charge in [-0.25, -0.2) is 0 Å². The van der Waals surface area contributed by atoms with Crippen molar-refractivity contribution in [2.24, 2.45) is 0 Å². The summed E-state index contributed by atoms with van der Waals surface area (Å²) in [5.41, 5.74) is 0.807. The fraction of sp³-hybridized carbons (Fsp3) is 0.214. The summed E-state index contributed by atoms with van der Waals surface area (Å²) >= 11 is 3.42. The fourth-order valence-electron chi connectivity index (χ4n) is 1.79. The van der Waals surface area contributed by atoms with Crippen LogP contribution in [0.15, 0.2) is 42.5 Å². The third-order valence-corrected chi connectivity index (χ3v) is 3.76. The number of alkyl halides is 1. The quantitative estimate of drug-likeness (QED) is 0.607. The average molecular weight is 277 g/mol. The van der Waals surface area contributed by atoms with Crippen LogP contribution in [-0.4, -0.2) is 10.6 Å². The molecule has 0 amide bonds. The lowest BCUT2D eigenvalue weighted by atomic mass is 9.99. The highest BCUT2D eigenvalue weighted by Gasteiger charge is 2.16. The molecule has 82 valence electrons. The molecular weight excluding hydrogens is 264 g/mol. The van der Waals surface area contributed by atoms with E-state index in [1.54, 1.807) is 0 Å². The molecule has 1 unspecified atom stereocenters. The second-order valence-electron chi connectivity index (χ2n) is 3.77. The lowest BCUT2D eigenvalue weighted by Gasteiger charge is -2.08. The minimum atomic E-state index is -0.0849. The molecule has 0 aliphatic heterocycles. The number of rotatable bonds is 3. The van der Waals surface area contributed by atoms with E-state index in [2.05, 4.69) is 15.9 Å². The molecule has 0 N–H and O–H groups in total. The maximum Gasteiger partial charge on any atom is 0.177 e. The summed E-state index contributed by atoms with van der Waals surface area (Å²) in [4.78, 5) is 12.1. The van der Waals surface area contributed by atoms with Crippen LogP contribution in [-0.2, 0) is 0 Å². The zero-order valence-corrected chi connectivity index (χ0v) is 10.7. The van der Waals surface area contributed by atoms with Crippen molar-refractivity contribution >= 4 is 32.5 Å². The highest BCUT2D eigenvalue weighted by atomic mass is 79.9. The van der Waals surface area contributed by atoms with Crippen molar-refractivity contribution in [3.8, 4) is 0 Å². The topological polar surface area (TPSA) is 17.1 Å². The minimum Gasteiger partial charge on any atom is -0.293 e. The van der Waals surface area contributed by atoms with E-state index in [-0.39, 0.29) is 10.6 Å². The summed E-state index contributed by atoms with van der Waals surface area (Å²) in [6.45, 7) is 2.00. The van der Waals surface area contributed by atoms with Crippen LogP contribution in [0.3, 0.4) is 0 Å². The molecule has 2 rings (SSSR count). The molecule has 0 aliphatic carbocycles. The Balaban J connectivity index is 2.56. The Labute approximate surface area is 104 Å². The number of hydrogen-bond acceptors (Lipinski definition) is 1. The van der Waals surface area contributed by atoms with Gasteiger partial charge in [0.05, 0.1) is 4.83 Å². The van der Waals surface area contributed by atoms with E-state index in [1.165, 1.54) is 0 Å². The number of carbonyl (C=O) groups is 1. The molecule has 2 aromatic carbocycles. The predicted molar refractivity (Wildman–Crippen MR) is 71.3 cm³/mol. The van der Waals surface area contributed by atoms with Crippen LogP contribution in [0, 0.1) is 0 Å². The average Bonchev–Trinajstić information content (AvgIpc) is 2.36. The molecule has 2 aromatic rings. The summed E-state index contributed by atoms with van der Waals surface area (Å²) in [7, 11) is 0. The molecular formula is C14H13BrO. The number of hydrogen-bond donors (Lipinski definition) is 0. The van der Waals surface area contributed by atoms with E-state index < -0.39 is 0 Å². The zero-order valence-electron chi connectivity index (χ0n) is 9.11. The third-order valence-electron chi connectivity index (χ3n) is 2.70. The first-order valence-corrected chi connectivity index (χ1v) is 6.31. The Morgan fingerprint density at radius 3 is 2.62 bits per heavy atom. The standard InChI is InChI=1S/C14H13BrO/c1-2-13(15)14(16)12-9-5-7-10-6-3-4-8-11(10)12/h3-9,13H,2H2,1H3. The highest BCUT2D eigenvalue weighted by molar-refractivity contribution is 9.10. The molecule has 0 heterocycles. The van der Waals surface area contributed by atoms with Gasteiger partial charge in [0.25, 0.3) is 0 Å². The lowest BCUT2D eigenvalue weighted by molar-refractivity contribution is 0.0992. The van der Waals surface area contributed by atoms with Crippen LogP contribution >= 0.6 is 15.9 Å². The van der Waals surface area contributed by atoms with Crippen LogP contribution in [0.5, 0.6) is 0 Å². The van der Waals surface area contributed by atoms with E-state index in [4.69, 9.17) is 0 Å². The first-order valence-electron chi connectivity index (χ1n) is 5.40. The summed E-state index contributed by atoms with van der Waals surface area (Å²) in [6.07, 6.45) is 0.808. The van der Waals surface area contributed by atoms with Crippen molar-refractivity contribution < 1.29 is 4.79 Å². The van der Waals surface area contributed by atoms with Crippen molar-refractivity contribution in [1.82, 2.24) is 0 Å². The van der Waals surface area contributed by atoms with Gasteiger partial charge in [0.15, 0.2) is 5.78 Å². The Morgan fingerprint density at radius 1 is 1.19 bits per heavy atom. The van der Waals surface area contributed by atoms with Gasteiger partial charge >= 0.3 is 0 Å². The maximum absolute atomic E-state index is 12.1. The van der Waals surface area contributed by atoms with Crippen LogP contribution in [0.4, 0.5) is 0 Å². The van der Waals surface area contributed by atoms with E-state index in [0.717, 1.165) is 22.8 Å². The van der Waals surface area contributed by atoms with E-state index in [1.807, 2.05) is 49.4 Å². The number of carbonyl (C=O) groups excluding carboxylic acids is 1. The molecule has 0 radical (unpaired) electrons. The SMILES string of the molecule is CCC(Br)C(=O)c1cccc2ccccc12. The van der Waals surface area contributed by atoms with Gasteiger partial charge in [-0.2, -0.15) is 0 Å². The van der Waals surface area contributed by atoms with Gasteiger partial charge in [-0.05, 0) is 17.2 Å². The number of Topliss-reactive ketones (excluding diaryl/α,β-unsaturated/α-hetero) is 1. The van der Waals surface area contributed by atoms with Crippen LogP contribution in [0.1, 0.15) is 23.7 Å². The number of benzene rings is 2. The third kappa shape index (κ3) is 2.03. The van der Waals surface area contributed by atoms with Crippen molar-refractivity contribution in [1.29, 1.82) is 0 Å². The van der Waals surface area contributed by atoms with Crippen LogP contribution < -0.4 is 0 Å². The van der Waals surface area contributed by atoms with Gasteiger partial charge in [-0.1, -0.05) is 65.3 Å².